The largest absolute Gasteiger partial charge is 0.475 e. The number of carboxylic acids is 1. The van der Waals surface area contributed by atoms with Gasteiger partial charge in [-0.25, -0.2) is 9.59 Å². The summed E-state index contributed by atoms with van der Waals surface area (Å²) in [5, 5.41) is 14.5. The molecule has 0 aliphatic heterocycles. The number of urea groups is 1. The molecule has 3 N–H and O–H groups in total. The Balaban J connectivity index is 1.79. The zero-order valence-corrected chi connectivity index (χ0v) is 12.2. The first-order chi connectivity index (χ1) is 10.1. The maximum Gasteiger partial charge on any atom is 0.371 e. The van der Waals surface area contributed by atoms with Crippen molar-refractivity contribution >= 4 is 12.0 Å². The van der Waals surface area contributed by atoms with Gasteiger partial charge in [0.25, 0.3) is 0 Å². The Kier molecular flexibility index (Phi) is 5.25. The fraction of sp³-hybridized carbons (Fsp3) is 0.600. The maximum atomic E-state index is 11.9. The lowest BCUT2D eigenvalue weighted by molar-refractivity contribution is 0.0660. The number of aromatic carboxylic acids is 1. The lowest BCUT2D eigenvalue weighted by atomic mass is 9.97. The Morgan fingerprint density at radius 3 is 2.76 bits per heavy atom. The average Bonchev–Trinajstić information content (AvgIpc) is 2.84. The van der Waals surface area contributed by atoms with Crippen LogP contribution in [0.1, 0.15) is 55.3 Å². The van der Waals surface area contributed by atoms with Gasteiger partial charge in [-0.1, -0.05) is 26.2 Å². The third-order valence-corrected chi connectivity index (χ3v) is 3.97. The van der Waals surface area contributed by atoms with Crippen LogP contribution in [0.5, 0.6) is 0 Å². The van der Waals surface area contributed by atoms with Crippen LogP contribution >= 0.6 is 0 Å². The Morgan fingerprint density at radius 1 is 1.29 bits per heavy atom. The molecule has 2 amide bonds. The normalized spacial score (nSPS) is 22.3. The van der Waals surface area contributed by atoms with Crippen molar-refractivity contribution in [2.45, 2.75) is 51.6 Å². The SMILES string of the molecule is CC1CCCCCC1NC(=O)NCc1ccc(C(=O)O)o1. The average molecular weight is 294 g/mol. The van der Waals surface area contributed by atoms with Gasteiger partial charge >= 0.3 is 12.0 Å². The number of carbonyl (C=O) groups is 2. The summed E-state index contributed by atoms with van der Waals surface area (Å²) in [6, 6.07) is 2.91. The van der Waals surface area contributed by atoms with Crippen LogP contribution in [0.25, 0.3) is 0 Å². The molecule has 0 aromatic carbocycles. The summed E-state index contributed by atoms with van der Waals surface area (Å²) in [6.07, 6.45) is 5.76. The van der Waals surface area contributed by atoms with Gasteiger partial charge < -0.3 is 20.2 Å². The number of rotatable bonds is 4. The molecule has 1 heterocycles. The first kappa shape index (κ1) is 15.4. The third kappa shape index (κ3) is 4.51. The number of nitrogens with one attached hydrogen (secondary N) is 2. The molecule has 2 rings (SSSR count). The van der Waals surface area contributed by atoms with Crippen molar-refractivity contribution in [3.63, 3.8) is 0 Å². The highest BCUT2D eigenvalue weighted by Crippen LogP contribution is 2.22. The topological polar surface area (TPSA) is 91.6 Å². The minimum absolute atomic E-state index is 0.121. The second kappa shape index (κ2) is 7.15. The van der Waals surface area contributed by atoms with E-state index in [2.05, 4.69) is 17.6 Å². The first-order valence-corrected chi connectivity index (χ1v) is 7.42. The molecule has 1 fully saturated rings. The van der Waals surface area contributed by atoms with Crippen molar-refractivity contribution in [3.05, 3.63) is 23.7 Å². The minimum Gasteiger partial charge on any atom is -0.475 e. The van der Waals surface area contributed by atoms with Crippen molar-refractivity contribution in [1.29, 1.82) is 0 Å². The second-order valence-corrected chi connectivity index (χ2v) is 5.62. The van der Waals surface area contributed by atoms with Crippen LogP contribution in [0.3, 0.4) is 0 Å². The number of carboxylic acid groups (broad SMARTS) is 1. The van der Waals surface area contributed by atoms with Gasteiger partial charge in [0.15, 0.2) is 0 Å². The number of hydrogen-bond donors (Lipinski definition) is 3. The quantitative estimate of drug-likeness (QED) is 0.745. The Hall–Kier alpha value is -1.98. The monoisotopic (exact) mass is 294 g/mol. The Morgan fingerprint density at radius 2 is 2.05 bits per heavy atom. The lowest BCUT2D eigenvalue weighted by Gasteiger charge is -2.22. The smallest absolute Gasteiger partial charge is 0.371 e. The molecule has 1 aromatic heterocycles. The van der Waals surface area contributed by atoms with Crippen molar-refractivity contribution < 1.29 is 19.1 Å². The summed E-state index contributed by atoms with van der Waals surface area (Å²) >= 11 is 0. The van der Waals surface area contributed by atoms with Gasteiger partial charge in [0.1, 0.15) is 5.76 Å². The Labute approximate surface area is 123 Å². The van der Waals surface area contributed by atoms with Gasteiger partial charge in [-0.2, -0.15) is 0 Å². The number of hydrogen-bond acceptors (Lipinski definition) is 3. The van der Waals surface area contributed by atoms with Crippen LogP contribution < -0.4 is 10.6 Å². The number of furan rings is 1. The highest BCUT2D eigenvalue weighted by Gasteiger charge is 2.21. The summed E-state index contributed by atoms with van der Waals surface area (Å²) in [5.74, 6) is -0.320. The van der Waals surface area contributed by atoms with E-state index < -0.39 is 5.97 Å². The van der Waals surface area contributed by atoms with Crippen molar-refractivity contribution in [3.8, 4) is 0 Å². The lowest BCUT2D eigenvalue weighted by Crippen LogP contribution is -2.44. The third-order valence-electron chi connectivity index (χ3n) is 3.97. The molecule has 116 valence electrons. The molecule has 0 spiro atoms. The summed E-state index contributed by atoms with van der Waals surface area (Å²) < 4.78 is 5.08. The van der Waals surface area contributed by atoms with E-state index in [1.807, 2.05) is 0 Å². The van der Waals surface area contributed by atoms with Crippen LogP contribution in [0.15, 0.2) is 16.5 Å². The molecule has 0 saturated heterocycles. The van der Waals surface area contributed by atoms with Gasteiger partial charge in [0.05, 0.1) is 6.54 Å². The van der Waals surface area contributed by atoms with Crippen LogP contribution in [0.4, 0.5) is 4.79 Å². The molecule has 2 atom stereocenters. The number of carbonyl (C=O) groups excluding carboxylic acids is 1. The zero-order valence-electron chi connectivity index (χ0n) is 12.2. The highest BCUT2D eigenvalue weighted by molar-refractivity contribution is 5.84. The second-order valence-electron chi connectivity index (χ2n) is 5.62. The summed E-state index contributed by atoms with van der Waals surface area (Å²) in [4.78, 5) is 22.6. The van der Waals surface area contributed by atoms with Gasteiger partial charge in [-0.15, -0.1) is 0 Å². The van der Waals surface area contributed by atoms with E-state index in [1.54, 1.807) is 6.07 Å². The predicted octanol–water partition coefficient (Wildman–Crippen LogP) is 2.75. The maximum absolute atomic E-state index is 11.9. The van der Waals surface area contributed by atoms with Gasteiger partial charge in [0.2, 0.25) is 5.76 Å². The molecule has 0 radical (unpaired) electrons. The summed E-state index contributed by atoms with van der Waals surface area (Å²) in [7, 11) is 0. The van der Waals surface area contributed by atoms with E-state index >= 15 is 0 Å². The van der Waals surface area contributed by atoms with Gasteiger partial charge in [-0.3, -0.25) is 0 Å². The molecule has 21 heavy (non-hydrogen) atoms. The molecule has 1 aliphatic rings. The van der Waals surface area contributed by atoms with Crippen molar-refractivity contribution in [1.82, 2.24) is 10.6 Å². The molecular formula is C15H22N2O4. The molecule has 6 nitrogen and oxygen atoms in total. The highest BCUT2D eigenvalue weighted by atomic mass is 16.4. The van der Waals surface area contributed by atoms with Crippen LogP contribution in [-0.2, 0) is 6.54 Å². The van der Waals surface area contributed by atoms with Crippen molar-refractivity contribution in [2.24, 2.45) is 5.92 Å². The van der Waals surface area contributed by atoms with Crippen LogP contribution in [-0.4, -0.2) is 23.1 Å². The molecule has 0 bridgehead atoms. The number of amides is 2. The van der Waals surface area contributed by atoms with E-state index in [4.69, 9.17) is 9.52 Å². The van der Waals surface area contributed by atoms with Crippen molar-refractivity contribution in [2.75, 3.05) is 0 Å². The fourth-order valence-corrected chi connectivity index (χ4v) is 2.68. The van der Waals surface area contributed by atoms with E-state index in [1.165, 1.54) is 18.9 Å². The first-order valence-electron chi connectivity index (χ1n) is 7.42. The van der Waals surface area contributed by atoms with Gasteiger partial charge in [-0.05, 0) is 30.9 Å². The summed E-state index contributed by atoms with van der Waals surface area (Å²) in [5.41, 5.74) is 0. The Bertz CT molecular complexity index is 498. The molecule has 1 aliphatic carbocycles. The van der Waals surface area contributed by atoms with E-state index in [0.717, 1.165) is 19.3 Å². The minimum atomic E-state index is -1.11. The van der Waals surface area contributed by atoms with E-state index in [9.17, 15) is 9.59 Å². The van der Waals surface area contributed by atoms with Gasteiger partial charge in [0, 0.05) is 6.04 Å². The molecule has 1 aromatic rings. The van der Waals surface area contributed by atoms with Crippen LogP contribution in [0, 0.1) is 5.92 Å². The molecular weight excluding hydrogens is 272 g/mol. The van der Waals surface area contributed by atoms with E-state index in [0.29, 0.717) is 11.7 Å². The standard InChI is InChI=1S/C15H22N2O4/c1-10-5-3-2-4-6-12(10)17-15(20)16-9-11-7-8-13(21-11)14(18)19/h7-8,10,12H,2-6,9H2,1H3,(H,18,19)(H2,16,17,20). The predicted molar refractivity (Wildman–Crippen MR) is 77.1 cm³/mol. The van der Waals surface area contributed by atoms with Crippen LogP contribution in [0.2, 0.25) is 0 Å². The molecule has 6 heteroatoms. The fourth-order valence-electron chi connectivity index (χ4n) is 2.68. The van der Waals surface area contributed by atoms with E-state index in [-0.39, 0.29) is 24.4 Å². The molecule has 2 unspecified atom stereocenters. The summed E-state index contributed by atoms with van der Waals surface area (Å²) in [6.45, 7) is 2.35. The molecule has 1 saturated carbocycles. The zero-order chi connectivity index (χ0) is 15.2.